The van der Waals surface area contributed by atoms with E-state index in [1.807, 2.05) is 4.90 Å². The Balaban J connectivity index is 1.84. The second-order valence-corrected chi connectivity index (χ2v) is 10.3. The van der Waals surface area contributed by atoms with Crippen molar-refractivity contribution in [1.82, 2.24) is 4.90 Å². The summed E-state index contributed by atoms with van der Waals surface area (Å²) in [6.45, 7) is 0.853. The molecule has 42 heavy (non-hydrogen) atoms. The predicted octanol–water partition coefficient (Wildman–Crippen LogP) is 6.19. The summed E-state index contributed by atoms with van der Waals surface area (Å²) in [5, 5.41) is 0. The minimum Gasteiger partial charge on any atom is -0.493 e. The largest absolute Gasteiger partial charge is 0.493 e. The average Bonchev–Trinajstić information content (AvgIpc) is 2.99. The van der Waals surface area contributed by atoms with Crippen LogP contribution < -0.4 is 28.4 Å². The molecule has 0 bridgehead atoms. The van der Waals surface area contributed by atoms with E-state index in [-0.39, 0.29) is 31.2 Å². The second-order valence-electron chi connectivity index (χ2n) is 9.40. The first kappa shape index (κ1) is 30.9. The van der Waals surface area contributed by atoms with Crippen molar-refractivity contribution in [3.8, 4) is 34.5 Å². The summed E-state index contributed by atoms with van der Waals surface area (Å²) in [6, 6.07) is 12.1. The van der Waals surface area contributed by atoms with Crippen molar-refractivity contribution in [1.29, 1.82) is 0 Å². The summed E-state index contributed by atoms with van der Waals surface area (Å²) in [6.07, 6.45) is 3.54. The Morgan fingerprint density at radius 3 is 1.60 bits per heavy atom. The second kappa shape index (κ2) is 13.8. The van der Waals surface area contributed by atoms with E-state index in [2.05, 4.69) is 15.9 Å². The van der Waals surface area contributed by atoms with Crippen LogP contribution in [0.1, 0.15) is 16.7 Å². The van der Waals surface area contributed by atoms with E-state index in [9.17, 15) is 9.18 Å². The zero-order chi connectivity index (χ0) is 30.4. The molecule has 10 heteroatoms. The Labute approximate surface area is 253 Å². The van der Waals surface area contributed by atoms with Gasteiger partial charge >= 0.3 is 0 Å². The van der Waals surface area contributed by atoms with Crippen molar-refractivity contribution in [2.75, 3.05) is 55.7 Å². The highest BCUT2D eigenvalue weighted by Gasteiger charge is 2.28. The number of halogens is 2. The highest BCUT2D eigenvalue weighted by molar-refractivity contribution is 9.10. The lowest BCUT2D eigenvalue weighted by molar-refractivity contribution is -0.113. The van der Waals surface area contributed by atoms with Crippen LogP contribution in [0.3, 0.4) is 0 Å². The van der Waals surface area contributed by atoms with Crippen molar-refractivity contribution in [3.63, 3.8) is 0 Å². The van der Waals surface area contributed by atoms with Crippen LogP contribution in [-0.4, -0.2) is 66.4 Å². The highest BCUT2D eigenvalue weighted by atomic mass is 79.9. The van der Waals surface area contributed by atoms with Gasteiger partial charge in [0.2, 0.25) is 11.5 Å². The summed E-state index contributed by atoms with van der Waals surface area (Å²) < 4.78 is 48.7. The maximum Gasteiger partial charge on any atom is 0.203 e. The van der Waals surface area contributed by atoms with E-state index in [1.165, 1.54) is 34.5 Å². The van der Waals surface area contributed by atoms with Gasteiger partial charge in [-0.15, -0.1) is 0 Å². The number of likely N-dealkylation sites (tertiary alicyclic amines) is 1. The molecule has 8 nitrogen and oxygen atoms in total. The van der Waals surface area contributed by atoms with Crippen LogP contribution in [-0.2, 0) is 11.3 Å². The van der Waals surface area contributed by atoms with E-state index >= 15 is 0 Å². The lowest BCUT2D eigenvalue weighted by Crippen LogP contribution is -2.37. The number of benzene rings is 3. The zero-order valence-electron chi connectivity index (χ0n) is 24.4. The summed E-state index contributed by atoms with van der Waals surface area (Å²) in [4.78, 5) is 16.0. The van der Waals surface area contributed by atoms with Crippen molar-refractivity contribution in [3.05, 3.63) is 80.6 Å². The van der Waals surface area contributed by atoms with Gasteiger partial charge in [0.1, 0.15) is 5.82 Å². The van der Waals surface area contributed by atoms with Gasteiger partial charge in [-0.2, -0.15) is 0 Å². The van der Waals surface area contributed by atoms with Gasteiger partial charge < -0.3 is 28.4 Å². The average molecular weight is 643 g/mol. The molecule has 0 amide bonds. The Morgan fingerprint density at radius 1 is 0.714 bits per heavy atom. The molecule has 0 aromatic heterocycles. The normalized spacial score (nSPS) is 15.6. The van der Waals surface area contributed by atoms with Gasteiger partial charge in [0.05, 0.1) is 42.7 Å². The van der Waals surface area contributed by atoms with Crippen LogP contribution in [0.2, 0.25) is 0 Å². The highest BCUT2D eigenvalue weighted by Crippen LogP contribution is 2.42. The van der Waals surface area contributed by atoms with Crippen molar-refractivity contribution in [2.45, 2.75) is 6.54 Å². The fourth-order valence-corrected chi connectivity index (χ4v) is 5.30. The number of hydrogen-bond donors (Lipinski definition) is 0. The molecule has 3 aromatic carbocycles. The SMILES string of the molecule is COc1ccc(/C=C2/CN(Cc3ccc(Br)cc3F)C/C(=C\c3ccc(OC)c(OC)c3OC)C2=O)c(OC)c1OC. The third kappa shape index (κ3) is 6.39. The lowest BCUT2D eigenvalue weighted by atomic mass is 9.93. The molecule has 4 rings (SSSR count). The smallest absolute Gasteiger partial charge is 0.203 e. The van der Waals surface area contributed by atoms with Crippen LogP contribution in [0.5, 0.6) is 34.5 Å². The summed E-state index contributed by atoms with van der Waals surface area (Å²) in [5.41, 5.74) is 2.78. The van der Waals surface area contributed by atoms with E-state index in [0.717, 1.165) is 0 Å². The molecule has 3 aromatic rings. The maximum atomic E-state index is 14.8. The summed E-state index contributed by atoms with van der Waals surface area (Å²) in [7, 11) is 9.18. The van der Waals surface area contributed by atoms with Crippen molar-refractivity contribution >= 4 is 33.9 Å². The molecule has 0 atom stereocenters. The molecule has 0 aliphatic carbocycles. The van der Waals surface area contributed by atoms with Crippen LogP contribution in [0.4, 0.5) is 4.39 Å². The molecule has 1 fully saturated rings. The third-order valence-corrected chi connectivity index (χ3v) is 7.40. The minimum absolute atomic E-state index is 0.156. The van der Waals surface area contributed by atoms with E-state index in [1.54, 1.807) is 62.8 Å². The van der Waals surface area contributed by atoms with Gasteiger partial charge in [0.25, 0.3) is 0 Å². The molecule has 0 unspecified atom stereocenters. The van der Waals surface area contributed by atoms with E-state index < -0.39 is 0 Å². The summed E-state index contributed by atoms with van der Waals surface area (Å²) in [5.74, 6) is 2.20. The number of ether oxygens (including phenoxy) is 6. The Morgan fingerprint density at radius 2 is 1.19 bits per heavy atom. The number of methoxy groups -OCH3 is 6. The minimum atomic E-state index is -0.333. The number of Topliss-reactive ketones (excluding diaryl/α,β-unsaturated/α-hetero) is 1. The van der Waals surface area contributed by atoms with Gasteiger partial charge in [0, 0.05) is 51.9 Å². The topological polar surface area (TPSA) is 75.7 Å². The number of hydrogen-bond acceptors (Lipinski definition) is 8. The molecule has 222 valence electrons. The number of nitrogens with zero attached hydrogens (tertiary/aromatic N) is 1. The molecular weight excluding hydrogens is 609 g/mol. The first-order chi connectivity index (χ1) is 20.3. The van der Waals surface area contributed by atoms with Gasteiger partial charge in [-0.3, -0.25) is 9.69 Å². The number of carbonyl (C=O) groups is 1. The lowest BCUT2D eigenvalue weighted by Gasteiger charge is -2.30. The number of ketones is 1. The first-order valence-corrected chi connectivity index (χ1v) is 13.8. The van der Waals surface area contributed by atoms with Gasteiger partial charge in [-0.05, 0) is 48.6 Å². The fraction of sp³-hybridized carbons (Fsp3) is 0.281. The number of carbonyl (C=O) groups excluding carboxylic acids is 1. The van der Waals surface area contributed by atoms with Gasteiger partial charge in [-0.25, -0.2) is 4.39 Å². The fourth-order valence-electron chi connectivity index (χ4n) is 4.96. The van der Waals surface area contributed by atoms with Gasteiger partial charge in [0.15, 0.2) is 28.8 Å². The molecule has 1 aliphatic heterocycles. The third-order valence-electron chi connectivity index (χ3n) is 6.91. The maximum absolute atomic E-state index is 14.8. The van der Waals surface area contributed by atoms with Crippen molar-refractivity contribution < 1.29 is 37.6 Å². The first-order valence-electron chi connectivity index (χ1n) is 13.0. The predicted molar refractivity (Wildman–Crippen MR) is 163 cm³/mol. The number of rotatable bonds is 10. The molecule has 1 heterocycles. The van der Waals surface area contributed by atoms with E-state index in [4.69, 9.17) is 28.4 Å². The van der Waals surface area contributed by atoms with Crippen LogP contribution >= 0.6 is 15.9 Å². The zero-order valence-corrected chi connectivity index (χ0v) is 26.0. The van der Waals surface area contributed by atoms with Crippen LogP contribution in [0.15, 0.2) is 58.1 Å². The molecule has 0 radical (unpaired) electrons. The quantitative estimate of drug-likeness (QED) is 0.243. The molecule has 0 spiro atoms. The number of piperidine rings is 1. The van der Waals surface area contributed by atoms with Crippen LogP contribution in [0.25, 0.3) is 12.2 Å². The Bertz CT molecular complexity index is 1450. The van der Waals surface area contributed by atoms with Crippen molar-refractivity contribution in [2.24, 2.45) is 0 Å². The molecule has 0 saturated carbocycles. The monoisotopic (exact) mass is 641 g/mol. The summed E-state index contributed by atoms with van der Waals surface area (Å²) >= 11 is 3.32. The van der Waals surface area contributed by atoms with Gasteiger partial charge in [-0.1, -0.05) is 22.0 Å². The van der Waals surface area contributed by atoms with Crippen LogP contribution in [0, 0.1) is 5.82 Å². The standard InChI is InChI=1S/C32H33BrFNO7/c1-37-26-11-8-19(29(39-3)31(26)41-5)13-22-17-35(16-21-7-10-24(33)15-25(21)34)18-23(28(22)36)14-20-9-12-27(38-2)32(42-6)30(20)40-4/h7-15H,16-18H2,1-6H3/b22-13-,23-14+. The Hall–Kier alpha value is -4.02. The Kier molecular flexibility index (Phi) is 10.1. The molecular formula is C32H33BrFNO7. The molecule has 0 N–H and O–H groups in total. The van der Waals surface area contributed by atoms with E-state index in [0.29, 0.717) is 66.8 Å². The molecule has 1 saturated heterocycles. The molecule has 1 aliphatic rings.